The summed E-state index contributed by atoms with van der Waals surface area (Å²) in [5.41, 5.74) is 10.5. The summed E-state index contributed by atoms with van der Waals surface area (Å²) < 4.78 is 0. The Balaban J connectivity index is 2.75. The van der Waals surface area contributed by atoms with E-state index >= 15 is 0 Å². The van der Waals surface area contributed by atoms with Crippen LogP contribution < -0.4 is 17.0 Å². The maximum atomic E-state index is 11.3. The third kappa shape index (κ3) is 1.85. The molecule has 86 valence electrons. The molecule has 2 heterocycles. The number of aromatic amines is 1. The summed E-state index contributed by atoms with van der Waals surface area (Å²) in [5, 5.41) is 5.97. The van der Waals surface area contributed by atoms with Crippen molar-refractivity contribution in [3.63, 3.8) is 0 Å². The molecule has 0 unspecified atom stereocenters. The van der Waals surface area contributed by atoms with E-state index in [0.717, 1.165) is 0 Å². The molecular formula is C10H9N5O2. The van der Waals surface area contributed by atoms with Crippen LogP contribution in [0.1, 0.15) is 10.4 Å². The molecule has 5 N–H and O–H groups in total. The Morgan fingerprint density at radius 3 is 2.76 bits per heavy atom. The number of carbonyl (C=O) groups excluding carboxylic acids is 1. The number of nitrogens with zero attached hydrogens (tertiary/aromatic N) is 2. The normalized spacial score (nSPS) is 10.1. The van der Waals surface area contributed by atoms with Gasteiger partial charge in [0.1, 0.15) is 11.4 Å². The first kappa shape index (κ1) is 10.8. The Labute approximate surface area is 95.5 Å². The predicted molar refractivity (Wildman–Crippen MR) is 61.0 cm³/mol. The number of hydrogen-bond donors (Lipinski definition) is 3. The molecule has 7 nitrogen and oxygen atoms in total. The maximum absolute atomic E-state index is 11.3. The molecular weight excluding hydrogens is 222 g/mol. The molecule has 0 aromatic carbocycles. The van der Waals surface area contributed by atoms with Crippen LogP contribution in [0.5, 0.6) is 0 Å². The van der Waals surface area contributed by atoms with E-state index in [0.29, 0.717) is 5.56 Å². The summed E-state index contributed by atoms with van der Waals surface area (Å²) in [7, 11) is 0. The lowest BCUT2D eigenvalue weighted by Crippen LogP contribution is -2.24. The molecule has 0 atom stereocenters. The van der Waals surface area contributed by atoms with Gasteiger partial charge >= 0.3 is 0 Å². The summed E-state index contributed by atoms with van der Waals surface area (Å²) in [4.78, 5) is 26.4. The van der Waals surface area contributed by atoms with Crippen LogP contribution in [0.2, 0.25) is 0 Å². The van der Waals surface area contributed by atoms with Crippen LogP contribution in [-0.2, 0) is 0 Å². The Kier molecular flexibility index (Phi) is 2.57. The molecule has 0 fully saturated rings. The fourth-order valence-corrected chi connectivity index (χ4v) is 1.43. The third-order valence-corrected chi connectivity index (χ3v) is 2.20. The van der Waals surface area contributed by atoms with Gasteiger partial charge in [0.2, 0.25) is 0 Å². The van der Waals surface area contributed by atoms with Crippen molar-refractivity contribution in [1.82, 2.24) is 15.2 Å². The lowest BCUT2D eigenvalue weighted by molar-refractivity contribution is 0.100. The van der Waals surface area contributed by atoms with Crippen LogP contribution in [0.3, 0.4) is 0 Å². The molecule has 2 aromatic rings. The zero-order chi connectivity index (χ0) is 12.4. The largest absolute Gasteiger partial charge is 0.393 e. The fraction of sp³-hybridized carbons (Fsp3) is 0. The van der Waals surface area contributed by atoms with Crippen LogP contribution in [0.15, 0.2) is 29.3 Å². The molecule has 0 radical (unpaired) electrons. The predicted octanol–water partition coefficient (Wildman–Crippen LogP) is -0.487. The Bertz CT molecular complexity index is 620. The van der Waals surface area contributed by atoms with Gasteiger partial charge < -0.3 is 11.5 Å². The molecule has 0 bridgehead atoms. The van der Waals surface area contributed by atoms with E-state index in [1.165, 1.54) is 6.20 Å². The zero-order valence-corrected chi connectivity index (χ0v) is 8.68. The highest BCUT2D eigenvalue weighted by molar-refractivity contribution is 6.03. The molecule has 0 saturated carbocycles. The van der Waals surface area contributed by atoms with Gasteiger partial charge in [0.05, 0.1) is 5.56 Å². The van der Waals surface area contributed by atoms with Crippen molar-refractivity contribution in [1.29, 1.82) is 0 Å². The van der Waals surface area contributed by atoms with Crippen LogP contribution >= 0.6 is 0 Å². The molecule has 17 heavy (non-hydrogen) atoms. The van der Waals surface area contributed by atoms with Crippen molar-refractivity contribution in [2.24, 2.45) is 5.73 Å². The van der Waals surface area contributed by atoms with Gasteiger partial charge in [-0.1, -0.05) is 0 Å². The van der Waals surface area contributed by atoms with Gasteiger partial charge in [-0.3, -0.25) is 14.6 Å². The Hall–Kier alpha value is -2.70. The number of amides is 1. The van der Waals surface area contributed by atoms with Crippen molar-refractivity contribution < 1.29 is 4.79 Å². The molecule has 2 rings (SSSR count). The van der Waals surface area contributed by atoms with Crippen LogP contribution in [0.4, 0.5) is 5.69 Å². The number of pyridine rings is 1. The Morgan fingerprint density at radius 1 is 1.41 bits per heavy atom. The average molecular weight is 231 g/mol. The van der Waals surface area contributed by atoms with E-state index in [-0.39, 0.29) is 16.9 Å². The van der Waals surface area contributed by atoms with E-state index in [4.69, 9.17) is 11.5 Å². The highest BCUT2D eigenvalue weighted by Crippen LogP contribution is 2.21. The number of nitrogens with one attached hydrogen (secondary N) is 1. The second kappa shape index (κ2) is 4.05. The molecule has 0 aliphatic carbocycles. The number of nitrogens with two attached hydrogens (primary N) is 2. The molecule has 0 aliphatic heterocycles. The van der Waals surface area contributed by atoms with Crippen molar-refractivity contribution in [3.8, 4) is 11.3 Å². The van der Waals surface area contributed by atoms with Crippen molar-refractivity contribution in [2.45, 2.75) is 0 Å². The number of H-pyrrole nitrogens is 1. The first-order chi connectivity index (χ1) is 8.11. The highest BCUT2D eigenvalue weighted by Gasteiger charge is 2.17. The van der Waals surface area contributed by atoms with Gasteiger partial charge in [-0.2, -0.15) is 5.10 Å². The topological polar surface area (TPSA) is 128 Å². The van der Waals surface area contributed by atoms with Gasteiger partial charge in [-0.05, 0) is 12.1 Å². The monoisotopic (exact) mass is 231 g/mol. The number of primary amides is 1. The minimum Gasteiger partial charge on any atom is -0.393 e. The molecule has 0 aliphatic rings. The fourth-order valence-electron chi connectivity index (χ4n) is 1.43. The molecule has 0 saturated heterocycles. The second-order valence-electron chi connectivity index (χ2n) is 3.30. The highest BCUT2D eigenvalue weighted by atomic mass is 16.1. The van der Waals surface area contributed by atoms with Gasteiger partial charge in [0.25, 0.3) is 11.5 Å². The SMILES string of the molecule is NC(=O)c1c(-c2cccnc2)n[nH]c(=O)c1N. The van der Waals surface area contributed by atoms with Gasteiger partial charge in [0.15, 0.2) is 0 Å². The summed E-state index contributed by atoms with van der Waals surface area (Å²) >= 11 is 0. The third-order valence-electron chi connectivity index (χ3n) is 2.20. The van der Waals surface area contributed by atoms with Crippen molar-refractivity contribution >= 4 is 11.6 Å². The number of carbonyl (C=O) groups is 1. The van der Waals surface area contributed by atoms with E-state index in [9.17, 15) is 9.59 Å². The van der Waals surface area contributed by atoms with E-state index in [1.807, 2.05) is 0 Å². The summed E-state index contributed by atoms with van der Waals surface area (Å²) in [6.45, 7) is 0. The minimum atomic E-state index is -0.806. The maximum Gasteiger partial charge on any atom is 0.288 e. The van der Waals surface area contributed by atoms with Crippen molar-refractivity contribution in [2.75, 3.05) is 5.73 Å². The van der Waals surface area contributed by atoms with E-state index in [1.54, 1.807) is 18.3 Å². The van der Waals surface area contributed by atoms with Crippen LogP contribution in [-0.4, -0.2) is 21.1 Å². The van der Waals surface area contributed by atoms with E-state index in [2.05, 4.69) is 15.2 Å². The number of hydrogen-bond acceptors (Lipinski definition) is 5. The molecule has 2 aromatic heterocycles. The van der Waals surface area contributed by atoms with Gasteiger partial charge in [-0.15, -0.1) is 0 Å². The van der Waals surface area contributed by atoms with Crippen molar-refractivity contribution in [3.05, 3.63) is 40.4 Å². The zero-order valence-electron chi connectivity index (χ0n) is 8.68. The summed E-state index contributed by atoms with van der Waals surface area (Å²) in [6, 6.07) is 3.35. The number of aromatic nitrogens is 3. The molecule has 0 spiro atoms. The number of rotatable bonds is 2. The number of anilines is 1. The first-order valence-corrected chi connectivity index (χ1v) is 4.69. The minimum absolute atomic E-state index is 0.0956. The lowest BCUT2D eigenvalue weighted by atomic mass is 10.1. The van der Waals surface area contributed by atoms with Crippen LogP contribution in [0, 0.1) is 0 Å². The average Bonchev–Trinajstić information content (AvgIpc) is 2.33. The second-order valence-corrected chi connectivity index (χ2v) is 3.30. The smallest absolute Gasteiger partial charge is 0.288 e. The first-order valence-electron chi connectivity index (χ1n) is 4.69. The van der Waals surface area contributed by atoms with Gasteiger partial charge in [0, 0.05) is 18.0 Å². The van der Waals surface area contributed by atoms with E-state index < -0.39 is 11.5 Å². The molecule has 7 heteroatoms. The summed E-state index contributed by atoms with van der Waals surface area (Å²) in [5.74, 6) is -0.806. The van der Waals surface area contributed by atoms with Gasteiger partial charge in [-0.25, -0.2) is 5.10 Å². The number of nitrogen functional groups attached to an aromatic ring is 1. The Morgan fingerprint density at radius 2 is 2.18 bits per heavy atom. The van der Waals surface area contributed by atoms with Crippen LogP contribution in [0.25, 0.3) is 11.3 Å². The summed E-state index contributed by atoms with van der Waals surface area (Å²) in [6.07, 6.45) is 3.06. The standard InChI is InChI=1S/C10H9N5O2/c11-7-6(9(12)16)8(14-15-10(7)17)5-2-1-3-13-4-5/h1-4H,(H2,11,14)(H2,12,16)(H,15,17). The quantitative estimate of drug-likeness (QED) is 0.642. The lowest BCUT2D eigenvalue weighted by Gasteiger charge is -2.06. The molecule has 1 amide bonds.